The summed E-state index contributed by atoms with van der Waals surface area (Å²) in [5, 5.41) is 2.81. The lowest BCUT2D eigenvalue weighted by Crippen LogP contribution is -2.44. The van der Waals surface area contributed by atoms with Gasteiger partial charge < -0.3 is 19.9 Å². The molecule has 0 atom stereocenters. The van der Waals surface area contributed by atoms with Crippen molar-refractivity contribution in [1.29, 1.82) is 0 Å². The molecule has 0 radical (unpaired) electrons. The highest BCUT2D eigenvalue weighted by atomic mass is 16.5. The normalized spacial score (nSPS) is 15.2. The van der Waals surface area contributed by atoms with Gasteiger partial charge in [-0.15, -0.1) is 0 Å². The van der Waals surface area contributed by atoms with Crippen LogP contribution in [-0.2, 0) is 0 Å². The third kappa shape index (κ3) is 3.62. The van der Waals surface area contributed by atoms with Crippen LogP contribution in [0.5, 0.6) is 5.75 Å². The molecule has 1 aromatic carbocycles. The van der Waals surface area contributed by atoms with Crippen LogP contribution in [0.3, 0.4) is 0 Å². The monoisotopic (exact) mass is 327 g/mol. The fourth-order valence-corrected chi connectivity index (χ4v) is 2.64. The first-order valence-corrected chi connectivity index (χ1v) is 7.87. The molecule has 1 aromatic heterocycles. The van der Waals surface area contributed by atoms with Gasteiger partial charge in [-0.05, 0) is 19.2 Å². The maximum absolute atomic E-state index is 12.5. The molecule has 1 N–H and O–H groups in total. The molecular weight excluding hydrogens is 306 g/mol. The minimum absolute atomic E-state index is 0.254. The van der Waals surface area contributed by atoms with Gasteiger partial charge >= 0.3 is 0 Å². The Balaban J connectivity index is 1.73. The van der Waals surface area contributed by atoms with Crippen LogP contribution in [-0.4, -0.2) is 61.1 Å². The second-order valence-electron chi connectivity index (χ2n) is 5.71. The number of carbonyl (C=O) groups is 1. The van der Waals surface area contributed by atoms with Crippen LogP contribution in [0.2, 0.25) is 0 Å². The molecule has 24 heavy (non-hydrogen) atoms. The second-order valence-corrected chi connectivity index (χ2v) is 5.71. The lowest BCUT2D eigenvalue weighted by molar-refractivity contribution is 0.102. The van der Waals surface area contributed by atoms with E-state index in [2.05, 4.69) is 32.1 Å². The quantitative estimate of drug-likeness (QED) is 0.917. The zero-order chi connectivity index (χ0) is 16.9. The average molecular weight is 327 g/mol. The largest absolute Gasteiger partial charge is 0.496 e. The van der Waals surface area contributed by atoms with Gasteiger partial charge in [-0.2, -0.15) is 0 Å². The summed E-state index contributed by atoms with van der Waals surface area (Å²) >= 11 is 0. The number of amides is 1. The van der Waals surface area contributed by atoms with Crippen molar-refractivity contribution in [3.05, 3.63) is 42.2 Å². The fraction of sp³-hybridized carbons (Fsp3) is 0.353. The number of piperazine rings is 1. The van der Waals surface area contributed by atoms with E-state index in [-0.39, 0.29) is 5.91 Å². The Morgan fingerprint density at radius 3 is 2.67 bits per heavy atom. The molecule has 1 saturated heterocycles. The van der Waals surface area contributed by atoms with E-state index in [1.165, 1.54) is 6.33 Å². The van der Waals surface area contributed by atoms with Crippen LogP contribution in [0.15, 0.2) is 36.7 Å². The Labute approximate surface area is 141 Å². The Kier molecular flexibility index (Phi) is 4.90. The molecule has 1 aliphatic rings. The van der Waals surface area contributed by atoms with Crippen molar-refractivity contribution in [2.45, 2.75) is 0 Å². The molecule has 1 aliphatic heterocycles. The smallest absolute Gasteiger partial charge is 0.260 e. The Morgan fingerprint density at radius 1 is 1.17 bits per heavy atom. The summed E-state index contributed by atoms with van der Waals surface area (Å²) in [5.41, 5.74) is 0.472. The van der Waals surface area contributed by atoms with E-state index in [1.807, 2.05) is 6.07 Å². The molecule has 2 aromatic rings. The number of aromatic nitrogens is 2. The number of methoxy groups -OCH3 is 1. The molecule has 126 valence electrons. The number of hydrogen-bond donors (Lipinski definition) is 1. The van der Waals surface area contributed by atoms with E-state index in [0.29, 0.717) is 17.1 Å². The van der Waals surface area contributed by atoms with Crippen molar-refractivity contribution in [2.75, 3.05) is 50.6 Å². The number of rotatable bonds is 4. The lowest BCUT2D eigenvalue weighted by Gasteiger charge is -2.33. The van der Waals surface area contributed by atoms with Crippen LogP contribution in [0.4, 0.5) is 11.6 Å². The van der Waals surface area contributed by atoms with Crippen LogP contribution in [0.1, 0.15) is 10.4 Å². The summed E-state index contributed by atoms with van der Waals surface area (Å²) in [4.78, 5) is 25.4. The van der Waals surface area contributed by atoms with E-state index in [1.54, 1.807) is 31.4 Å². The second kappa shape index (κ2) is 7.27. The molecule has 7 heteroatoms. The maximum Gasteiger partial charge on any atom is 0.260 e. The molecule has 2 heterocycles. The summed E-state index contributed by atoms with van der Waals surface area (Å²) < 4.78 is 5.23. The van der Waals surface area contributed by atoms with Crippen molar-refractivity contribution in [3.63, 3.8) is 0 Å². The van der Waals surface area contributed by atoms with Gasteiger partial charge in [-0.25, -0.2) is 9.97 Å². The first-order valence-electron chi connectivity index (χ1n) is 7.87. The van der Waals surface area contributed by atoms with E-state index in [4.69, 9.17) is 4.74 Å². The van der Waals surface area contributed by atoms with Crippen molar-refractivity contribution in [1.82, 2.24) is 14.9 Å². The van der Waals surface area contributed by atoms with Gasteiger partial charge in [0, 0.05) is 32.2 Å². The topological polar surface area (TPSA) is 70.6 Å². The molecular formula is C17H21N5O2. The van der Waals surface area contributed by atoms with Crippen LogP contribution >= 0.6 is 0 Å². The van der Waals surface area contributed by atoms with E-state index in [0.717, 1.165) is 32.0 Å². The van der Waals surface area contributed by atoms with Gasteiger partial charge in [0.2, 0.25) is 0 Å². The molecule has 3 rings (SSSR count). The number of ether oxygens (including phenoxy) is 1. The zero-order valence-corrected chi connectivity index (χ0v) is 13.9. The van der Waals surface area contributed by atoms with Crippen molar-refractivity contribution < 1.29 is 9.53 Å². The number of hydrogen-bond acceptors (Lipinski definition) is 6. The molecule has 7 nitrogen and oxygen atoms in total. The summed E-state index contributed by atoms with van der Waals surface area (Å²) in [5.74, 6) is 1.59. The summed E-state index contributed by atoms with van der Waals surface area (Å²) in [6, 6.07) is 8.90. The van der Waals surface area contributed by atoms with Crippen LogP contribution in [0.25, 0.3) is 0 Å². The summed E-state index contributed by atoms with van der Waals surface area (Å²) in [6.45, 7) is 3.81. The van der Waals surface area contributed by atoms with E-state index >= 15 is 0 Å². The minimum atomic E-state index is -0.254. The van der Waals surface area contributed by atoms with Crippen LogP contribution in [0, 0.1) is 0 Å². The molecule has 0 spiro atoms. The zero-order valence-electron chi connectivity index (χ0n) is 13.9. The highest BCUT2D eigenvalue weighted by Gasteiger charge is 2.17. The first kappa shape index (κ1) is 16.2. The number of anilines is 2. The molecule has 0 unspecified atom stereocenters. The standard InChI is InChI=1S/C17H21N5O2/c1-21-7-9-22(10-8-21)16-11-15(18-12-19-16)20-17(23)13-5-3-4-6-14(13)24-2/h3-6,11-12H,7-10H2,1-2H3,(H,18,19,20,23). The van der Waals surface area contributed by atoms with Crippen LogP contribution < -0.4 is 15.0 Å². The molecule has 1 fully saturated rings. The summed E-state index contributed by atoms with van der Waals surface area (Å²) in [6.07, 6.45) is 1.48. The van der Waals surface area contributed by atoms with Crippen molar-refractivity contribution in [3.8, 4) is 5.75 Å². The number of likely N-dealkylation sites (N-methyl/N-ethyl adjacent to an activating group) is 1. The molecule has 1 amide bonds. The SMILES string of the molecule is COc1ccccc1C(=O)Nc1cc(N2CCN(C)CC2)ncn1. The Bertz CT molecular complexity index is 714. The first-order chi connectivity index (χ1) is 11.7. The van der Waals surface area contributed by atoms with Gasteiger partial charge in [0.1, 0.15) is 23.7 Å². The average Bonchev–Trinajstić information content (AvgIpc) is 2.62. The number of benzene rings is 1. The lowest BCUT2D eigenvalue weighted by atomic mass is 10.2. The van der Waals surface area contributed by atoms with Gasteiger partial charge in [0.05, 0.1) is 12.7 Å². The van der Waals surface area contributed by atoms with E-state index < -0.39 is 0 Å². The summed E-state index contributed by atoms with van der Waals surface area (Å²) in [7, 11) is 3.65. The van der Waals surface area contributed by atoms with Gasteiger partial charge in [-0.3, -0.25) is 4.79 Å². The number of carbonyl (C=O) groups excluding carboxylic acids is 1. The molecule has 0 bridgehead atoms. The van der Waals surface area contributed by atoms with Gasteiger partial charge in [0.15, 0.2) is 0 Å². The fourth-order valence-electron chi connectivity index (χ4n) is 2.64. The van der Waals surface area contributed by atoms with Crippen molar-refractivity contribution in [2.24, 2.45) is 0 Å². The molecule has 0 saturated carbocycles. The predicted molar refractivity (Wildman–Crippen MR) is 92.7 cm³/mol. The highest BCUT2D eigenvalue weighted by molar-refractivity contribution is 6.05. The van der Waals surface area contributed by atoms with Crippen molar-refractivity contribution >= 4 is 17.5 Å². The number of para-hydroxylation sites is 1. The third-order valence-electron chi connectivity index (χ3n) is 4.07. The maximum atomic E-state index is 12.5. The van der Waals surface area contributed by atoms with Gasteiger partial charge in [0.25, 0.3) is 5.91 Å². The molecule has 0 aliphatic carbocycles. The predicted octanol–water partition coefficient (Wildman–Crippen LogP) is 1.49. The Hall–Kier alpha value is -2.67. The highest BCUT2D eigenvalue weighted by Crippen LogP contribution is 2.20. The minimum Gasteiger partial charge on any atom is -0.496 e. The third-order valence-corrected chi connectivity index (χ3v) is 4.07. The Morgan fingerprint density at radius 2 is 1.92 bits per heavy atom. The number of nitrogens with zero attached hydrogens (tertiary/aromatic N) is 4. The number of nitrogens with one attached hydrogen (secondary N) is 1. The van der Waals surface area contributed by atoms with Gasteiger partial charge in [-0.1, -0.05) is 12.1 Å². The van der Waals surface area contributed by atoms with E-state index in [9.17, 15) is 4.79 Å².